The first-order valence-corrected chi connectivity index (χ1v) is 10.7. The summed E-state index contributed by atoms with van der Waals surface area (Å²) >= 11 is 6.12. The van der Waals surface area contributed by atoms with Crippen molar-refractivity contribution >= 4 is 29.0 Å². The number of carbonyl (C=O) groups is 1. The Balaban J connectivity index is 1.49. The maximum atomic E-state index is 12.3. The Morgan fingerprint density at radius 1 is 1.30 bits per heavy atom. The lowest BCUT2D eigenvalue weighted by Crippen LogP contribution is -2.39. The quantitative estimate of drug-likeness (QED) is 0.468. The van der Waals surface area contributed by atoms with E-state index in [1.807, 2.05) is 25.1 Å². The van der Waals surface area contributed by atoms with E-state index < -0.39 is 0 Å². The van der Waals surface area contributed by atoms with Crippen molar-refractivity contribution in [3.8, 4) is 0 Å². The molecule has 2 atom stereocenters. The van der Waals surface area contributed by atoms with Gasteiger partial charge >= 0.3 is 0 Å². The minimum absolute atomic E-state index is 0.0222. The molecule has 3 rings (SSSR count). The Labute approximate surface area is 168 Å². The number of hydrogen-bond acceptors (Lipinski definition) is 2. The molecule has 2 saturated carbocycles. The Morgan fingerprint density at radius 3 is 2.78 bits per heavy atom. The van der Waals surface area contributed by atoms with E-state index in [2.05, 4.69) is 17.1 Å². The lowest BCUT2D eigenvalue weighted by Gasteiger charge is -2.34. The molecule has 27 heavy (non-hydrogen) atoms. The number of halogens is 1. The molecule has 2 unspecified atom stereocenters. The Morgan fingerprint density at radius 2 is 2.07 bits per heavy atom. The van der Waals surface area contributed by atoms with Crippen LogP contribution in [-0.4, -0.2) is 29.2 Å². The van der Waals surface area contributed by atoms with Crippen LogP contribution >= 0.6 is 11.6 Å². The Bertz CT molecular complexity index is 686. The molecule has 0 saturated heterocycles. The molecule has 0 aromatic heterocycles. The van der Waals surface area contributed by atoms with Crippen LogP contribution in [0.25, 0.3) is 0 Å². The van der Waals surface area contributed by atoms with Crippen LogP contribution in [0.4, 0.5) is 5.69 Å². The lowest BCUT2D eigenvalue weighted by atomic mass is 9.81. The molecular weight excluding hydrogens is 358 g/mol. The molecule has 148 valence electrons. The molecular formula is C22H32ClN3O. The molecule has 2 aliphatic rings. The fraction of sp³-hybridized carbons (Fsp3) is 0.636. The van der Waals surface area contributed by atoms with Gasteiger partial charge in [0.2, 0.25) is 5.91 Å². The molecule has 1 amide bonds. The monoisotopic (exact) mass is 389 g/mol. The van der Waals surface area contributed by atoms with E-state index in [-0.39, 0.29) is 5.91 Å². The predicted molar refractivity (Wildman–Crippen MR) is 113 cm³/mol. The third-order valence-electron chi connectivity index (χ3n) is 5.96. The van der Waals surface area contributed by atoms with Crippen LogP contribution in [0.1, 0.15) is 63.9 Å². The van der Waals surface area contributed by atoms with Crippen LogP contribution < -0.4 is 5.32 Å². The summed E-state index contributed by atoms with van der Waals surface area (Å²) in [5.41, 5.74) is 1.69. The normalized spacial score (nSPS) is 22.3. The summed E-state index contributed by atoms with van der Waals surface area (Å²) < 4.78 is 0. The van der Waals surface area contributed by atoms with E-state index in [4.69, 9.17) is 17.0 Å². The zero-order chi connectivity index (χ0) is 19.4. The summed E-state index contributed by atoms with van der Waals surface area (Å²) in [6.45, 7) is 5.04. The van der Waals surface area contributed by atoms with Gasteiger partial charge in [0.05, 0.1) is 5.84 Å². The van der Waals surface area contributed by atoms with Crippen LogP contribution in [0.5, 0.6) is 0 Å². The van der Waals surface area contributed by atoms with Crippen molar-refractivity contribution in [1.82, 2.24) is 4.90 Å². The zero-order valence-corrected chi connectivity index (χ0v) is 17.3. The standard InChI is InChI=1S/C22H32ClN3O/c1-15-6-3-7-17(14-15)22(24)26(18-11-12-18)13-5-10-21(27)25-20-9-4-8-19(23)16(20)2/h4,8-9,15,17-18,24H,3,5-7,10-14H2,1-2H3,(H,25,27). The highest BCUT2D eigenvalue weighted by atomic mass is 35.5. The minimum atomic E-state index is 0.0222. The predicted octanol–water partition coefficient (Wildman–Crippen LogP) is 5.64. The smallest absolute Gasteiger partial charge is 0.224 e. The molecule has 0 heterocycles. The van der Waals surface area contributed by atoms with Gasteiger partial charge in [-0.15, -0.1) is 0 Å². The van der Waals surface area contributed by atoms with Gasteiger partial charge in [-0.2, -0.15) is 0 Å². The van der Waals surface area contributed by atoms with E-state index in [0.29, 0.717) is 23.4 Å². The number of anilines is 1. The summed E-state index contributed by atoms with van der Waals surface area (Å²) in [6, 6.07) is 6.10. The average Bonchev–Trinajstić information content (AvgIpc) is 3.47. The van der Waals surface area contributed by atoms with Gasteiger partial charge in [0.1, 0.15) is 0 Å². The van der Waals surface area contributed by atoms with Gasteiger partial charge in [-0.05, 0) is 62.6 Å². The molecule has 1 aromatic rings. The molecule has 4 nitrogen and oxygen atoms in total. The fourth-order valence-electron chi connectivity index (χ4n) is 4.17. The first-order chi connectivity index (χ1) is 13.0. The van der Waals surface area contributed by atoms with E-state index >= 15 is 0 Å². The molecule has 2 aliphatic carbocycles. The topological polar surface area (TPSA) is 56.2 Å². The first kappa shape index (κ1) is 20.2. The largest absolute Gasteiger partial charge is 0.357 e. The second-order valence-corrected chi connectivity index (χ2v) is 8.75. The molecule has 0 spiro atoms. The fourth-order valence-corrected chi connectivity index (χ4v) is 4.34. The van der Waals surface area contributed by atoms with Gasteiger partial charge in [-0.1, -0.05) is 37.4 Å². The molecule has 1 aromatic carbocycles. The third-order valence-corrected chi connectivity index (χ3v) is 6.37. The zero-order valence-electron chi connectivity index (χ0n) is 16.6. The first-order valence-electron chi connectivity index (χ1n) is 10.4. The molecule has 5 heteroatoms. The highest BCUT2D eigenvalue weighted by molar-refractivity contribution is 6.31. The number of rotatable bonds is 7. The second-order valence-electron chi connectivity index (χ2n) is 8.34. The highest BCUT2D eigenvalue weighted by Crippen LogP contribution is 2.34. The van der Waals surface area contributed by atoms with Crippen molar-refractivity contribution in [1.29, 1.82) is 5.41 Å². The van der Waals surface area contributed by atoms with Crippen LogP contribution in [0.3, 0.4) is 0 Å². The molecule has 0 radical (unpaired) electrons. The maximum Gasteiger partial charge on any atom is 0.224 e. The number of amides is 1. The van der Waals surface area contributed by atoms with E-state index in [1.54, 1.807) is 0 Å². The van der Waals surface area contributed by atoms with Crippen molar-refractivity contribution in [2.75, 3.05) is 11.9 Å². The van der Waals surface area contributed by atoms with Gasteiger partial charge < -0.3 is 10.2 Å². The number of nitrogens with one attached hydrogen (secondary N) is 2. The van der Waals surface area contributed by atoms with Crippen LogP contribution in [0.15, 0.2) is 18.2 Å². The van der Waals surface area contributed by atoms with E-state index in [1.165, 1.54) is 25.7 Å². The SMILES string of the molecule is Cc1c(Cl)cccc1NC(=O)CCCN(C(=N)C1CCCC(C)C1)C1CC1. The van der Waals surface area contributed by atoms with Gasteiger partial charge in [-0.25, -0.2) is 0 Å². The number of carbonyl (C=O) groups excluding carboxylic acids is 1. The van der Waals surface area contributed by atoms with Gasteiger partial charge in [0.15, 0.2) is 0 Å². The summed E-state index contributed by atoms with van der Waals surface area (Å²) in [5.74, 6) is 2.00. The Hall–Kier alpha value is -1.55. The van der Waals surface area contributed by atoms with Crippen LogP contribution in [-0.2, 0) is 4.79 Å². The third kappa shape index (κ3) is 5.47. The summed E-state index contributed by atoms with van der Waals surface area (Å²) in [6.07, 6.45) is 8.50. The number of amidine groups is 1. The summed E-state index contributed by atoms with van der Waals surface area (Å²) in [4.78, 5) is 14.6. The summed E-state index contributed by atoms with van der Waals surface area (Å²) in [7, 11) is 0. The average molecular weight is 390 g/mol. The number of nitrogens with zero attached hydrogens (tertiary/aromatic N) is 1. The number of benzene rings is 1. The van der Waals surface area contributed by atoms with Crippen molar-refractivity contribution in [2.24, 2.45) is 11.8 Å². The van der Waals surface area contributed by atoms with E-state index in [0.717, 1.165) is 48.8 Å². The van der Waals surface area contributed by atoms with E-state index in [9.17, 15) is 4.79 Å². The maximum absolute atomic E-state index is 12.3. The number of hydrogen-bond donors (Lipinski definition) is 2. The van der Waals surface area contributed by atoms with Crippen LogP contribution in [0.2, 0.25) is 5.02 Å². The minimum Gasteiger partial charge on any atom is -0.357 e. The molecule has 2 N–H and O–H groups in total. The molecule has 0 aliphatic heterocycles. The van der Waals surface area contributed by atoms with Crippen LogP contribution in [0, 0.1) is 24.2 Å². The highest BCUT2D eigenvalue weighted by Gasteiger charge is 2.34. The van der Waals surface area contributed by atoms with Crippen molar-refractivity contribution in [3.05, 3.63) is 28.8 Å². The second kappa shape index (κ2) is 9.09. The van der Waals surface area contributed by atoms with Crippen molar-refractivity contribution in [3.63, 3.8) is 0 Å². The molecule has 2 fully saturated rings. The lowest BCUT2D eigenvalue weighted by molar-refractivity contribution is -0.116. The van der Waals surface area contributed by atoms with Gasteiger partial charge in [0.25, 0.3) is 0 Å². The van der Waals surface area contributed by atoms with Gasteiger partial charge in [-0.3, -0.25) is 10.2 Å². The van der Waals surface area contributed by atoms with Crippen molar-refractivity contribution < 1.29 is 4.79 Å². The van der Waals surface area contributed by atoms with Gasteiger partial charge in [0, 0.05) is 35.6 Å². The summed E-state index contributed by atoms with van der Waals surface area (Å²) in [5, 5.41) is 12.4. The van der Waals surface area contributed by atoms with Crippen molar-refractivity contribution in [2.45, 2.75) is 71.3 Å². The molecule has 0 bridgehead atoms. The Kier molecular flexibility index (Phi) is 6.80.